The summed E-state index contributed by atoms with van der Waals surface area (Å²) in [6, 6.07) is 22.0. The molecule has 0 radical (unpaired) electrons. The van der Waals surface area contributed by atoms with Crippen LogP contribution >= 0.6 is 0 Å². The number of benzene rings is 2. The van der Waals surface area contributed by atoms with Crippen LogP contribution in [0.15, 0.2) is 84.0 Å². The number of anilines is 1. The lowest BCUT2D eigenvalue weighted by Crippen LogP contribution is -2.56. The summed E-state index contributed by atoms with van der Waals surface area (Å²) in [5.41, 5.74) is 4.13. The minimum atomic E-state index is -4.15. The van der Waals surface area contributed by atoms with Crippen molar-refractivity contribution in [3.8, 4) is 34.3 Å². The maximum atomic E-state index is 14.5. The summed E-state index contributed by atoms with van der Waals surface area (Å²) >= 11 is 0. The molecule has 3 fully saturated rings. The SMILES string of the molecule is Cc1ccc(S(=O)(=O)n2c(-c3ccc(N4CCN(C5COC5)CC4)cc3)cc3c(-c4cc(C#N)c(OC5CCNCC5(F)F)cn4)ccnc32)cc1. The van der Waals surface area contributed by atoms with Crippen molar-refractivity contribution in [1.29, 1.82) is 5.26 Å². The van der Waals surface area contributed by atoms with Gasteiger partial charge in [0.1, 0.15) is 6.07 Å². The third-order valence-corrected chi connectivity index (χ3v) is 11.9. The third kappa shape index (κ3) is 6.28. The van der Waals surface area contributed by atoms with Crippen LogP contribution in [0.5, 0.6) is 5.75 Å². The topological polar surface area (TPSA) is 126 Å². The van der Waals surface area contributed by atoms with Crippen molar-refractivity contribution in [2.75, 3.05) is 57.4 Å². The van der Waals surface area contributed by atoms with Crippen LogP contribution < -0.4 is 15.0 Å². The lowest BCUT2D eigenvalue weighted by atomic mass is 10.0. The zero-order chi connectivity index (χ0) is 36.0. The summed E-state index contributed by atoms with van der Waals surface area (Å²) in [6.45, 7) is 6.99. The van der Waals surface area contributed by atoms with Gasteiger partial charge < -0.3 is 19.7 Å². The highest BCUT2D eigenvalue weighted by molar-refractivity contribution is 7.90. The number of nitriles is 1. The summed E-state index contributed by atoms with van der Waals surface area (Å²) in [4.78, 5) is 14.0. The standard InChI is InChI=1S/C38H37F2N7O4S/c1-25-2-8-30(9-3-25)52(48,49)47-34(26-4-6-28(7-5-26)45-14-16-46(17-15-45)29-22-50-23-29)19-32-31(10-13-43-37(32)47)33-18-27(20-41)35(21-44-33)51-36-11-12-42-24-38(36,39)40/h2-10,13,18-19,21,29,36,42H,11-12,14-17,22-24H2,1H3. The molecule has 3 aromatic heterocycles. The van der Waals surface area contributed by atoms with E-state index in [4.69, 9.17) is 9.47 Å². The van der Waals surface area contributed by atoms with Gasteiger partial charge in [-0.1, -0.05) is 29.8 Å². The fourth-order valence-electron chi connectivity index (χ4n) is 7.06. The number of alkyl halides is 2. The normalized spacial score (nSPS) is 19.7. The molecule has 268 valence electrons. The number of hydrogen-bond acceptors (Lipinski definition) is 10. The molecule has 3 saturated heterocycles. The number of nitrogens with zero attached hydrogens (tertiary/aromatic N) is 6. The Morgan fingerprint density at radius 3 is 2.42 bits per heavy atom. The Morgan fingerprint density at radius 2 is 1.75 bits per heavy atom. The maximum Gasteiger partial charge on any atom is 0.296 e. The van der Waals surface area contributed by atoms with E-state index in [-0.39, 0.29) is 28.3 Å². The van der Waals surface area contributed by atoms with Crippen molar-refractivity contribution >= 4 is 26.7 Å². The number of pyridine rings is 2. The van der Waals surface area contributed by atoms with Crippen LogP contribution in [0.3, 0.4) is 0 Å². The monoisotopic (exact) mass is 725 g/mol. The predicted molar refractivity (Wildman–Crippen MR) is 192 cm³/mol. The van der Waals surface area contributed by atoms with Crippen LogP contribution in [0.25, 0.3) is 33.5 Å². The zero-order valence-electron chi connectivity index (χ0n) is 28.5. The van der Waals surface area contributed by atoms with Gasteiger partial charge in [0.25, 0.3) is 15.9 Å². The van der Waals surface area contributed by atoms with Crippen LogP contribution in [0.2, 0.25) is 0 Å². The zero-order valence-corrected chi connectivity index (χ0v) is 29.3. The quantitative estimate of drug-likeness (QED) is 0.232. The molecule has 1 N–H and O–H groups in total. The highest BCUT2D eigenvalue weighted by Gasteiger charge is 2.44. The van der Waals surface area contributed by atoms with E-state index in [2.05, 4.69) is 31.2 Å². The van der Waals surface area contributed by atoms with Crippen molar-refractivity contribution in [1.82, 2.24) is 24.2 Å². The summed E-state index contributed by atoms with van der Waals surface area (Å²) < 4.78 is 70.2. The van der Waals surface area contributed by atoms with Crippen LogP contribution in [0, 0.1) is 18.3 Å². The molecule has 0 amide bonds. The Kier molecular flexibility index (Phi) is 8.91. The average molecular weight is 726 g/mol. The molecule has 5 aromatic rings. The molecule has 2 aromatic carbocycles. The van der Waals surface area contributed by atoms with E-state index in [0.29, 0.717) is 40.5 Å². The van der Waals surface area contributed by atoms with Gasteiger partial charge >= 0.3 is 0 Å². The Morgan fingerprint density at radius 1 is 1.00 bits per heavy atom. The lowest BCUT2D eigenvalue weighted by Gasteiger charge is -2.43. The van der Waals surface area contributed by atoms with Crippen LogP contribution in [0.4, 0.5) is 14.5 Å². The van der Waals surface area contributed by atoms with Crippen molar-refractivity contribution in [2.45, 2.75) is 36.3 Å². The number of rotatable bonds is 8. The molecule has 0 saturated carbocycles. The van der Waals surface area contributed by atoms with E-state index in [9.17, 15) is 22.5 Å². The van der Waals surface area contributed by atoms with E-state index in [1.165, 1.54) is 22.4 Å². The maximum absolute atomic E-state index is 14.5. The molecule has 3 aliphatic heterocycles. The number of hydrogen-bond donors (Lipinski definition) is 1. The number of piperidine rings is 1. The number of halogens is 2. The second-order valence-electron chi connectivity index (χ2n) is 13.5. The van der Waals surface area contributed by atoms with E-state index in [1.807, 2.05) is 31.2 Å². The first-order valence-electron chi connectivity index (χ1n) is 17.3. The molecule has 14 heteroatoms. The summed E-state index contributed by atoms with van der Waals surface area (Å²) in [5, 5.41) is 13.2. The minimum absolute atomic E-state index is 0.0358. The average Bonchev–Trinajstić information content (AvgIpc) is 3.53. The summed E-state index contributed by atoms with van der Waals surface area (Å²) in [7, 11) is -4.15. The van der Waals surface area contributed by atoms with Gasteiger partial charge in [-0.3, -0.25) is 9.88 Å². The molecule has 1 atom stereocenters. The first-order chi connectivity index (χ1) is 25.1. The minimum Gasteiger partial charge on any atom is -0.481 e. The Hall–Kier alpha value is -4.94. The van der Waals surface area contributed by atoms with Gasteiger partial charge in [-0.2, -0.15) is 5.26 Å². The summed E-state index contributed by atoms with van der Waals surface area (Å²) in [5.74, 6) is -3.15. The molecule has 6 heterocycles. The fraction of sp³-hybridized carbons (Fsp3) is 0.342. The molecule has 52 heavy (non-hydrogen) atoms. The molecule has 8 rings (SSSR count). The summed E-state index contributed by atoms with van der Waals surface area (Å²) in [6.07, 6.45) is 1.44. The number of piperazine rings is 1. The number of ether oxygens (including phenoxy) is 2. The number of aryl methyl sites for hydroxylation is 1. The first kappa shape index (κ1) is 34.2. The predicted octanol–water partition coefficient (Wildman–Crippen LogP) is 5.08. The van der Waals surface area contributed by atoms with Gasteiger partial charge in [0, 0.05) is 55.4 Å². The van der Waals surface area contributed by atoms with Crippen molar-refractivity contribution in [3.63, 3.8) is 0 Å². The van der Waals surface area contributed by atoms with Crippen molar-refractivity contribution in [3.05, 3.63) is 90.3 Å². The number of aromatic nitrogens is 3. The smallest absolute Gasteiger partial charge is 0.296 e. The highest BCUT2D eigenvalue weighted by atomic mass is 32.2. The Labute approximate surface area is 300 Å². The lowest BCUT2D eigenvalue weighted by molar-refractivity contribution is -0.109. The second-order valence-corrected chi connectivity index (χ2v) is 15.3. The molecule has 0 spiro atoms. The highest BCUT2D eigenvalue weighted by Crippen LogP contribution is 2.38. The molecule has 1 unspecified atom stereocenters. The van der Waals surface area contributed by atoms with Crippen molar-refractivity contribution < 1.29 is 26.7 Å². The first-order valence-corrected chi connectivity index (χ1v) is 18.7. The third-order valence-electron chi connectivity index (χ3n) is 10.1. The molecule has 0 bridgehead atoms. The van der Waals surface area contributed by atoms with Crippen LogP contribution in [-0.2, 0) is 14.8 Å². The fourth-order valence-corrected chi connectivity index (χ4v) is 8.55. The molecule has 3 aliphatic rings. The van der Waals surface area contributed by atoms with E-state index < -0.39 is 28.6 Å². The molecular formula is C38H37F2N7O4S. The van der Waals surface area contributed by atoms with Crippen LogP contribution in [-0.4, -0.2) is 97.8 Å². The van der Waals surface area contributed by atoms with Gasteiger partial charge in [0.05, 0.1) is 53.8 Å². The number of fused-ring (bicyclic) bond motifs is 1. The molecule has 0 aliphatic carbocycles. The largest absolute Gasteiger partial charge is 0.481 e. The van der Waals surface area contributed by atoms with Crippen LogP contribution in [0.1, 0.15) is 17.5 Å². The van der Waals surface area contributed by atoms with Gasteiger partial charge in [0.15, 0.2) is 17.5 Å². The van der Waals surface area contributed by atoms with Gasteiger partial charge in [-0.25, -0.2) is 26.2 Å². The van der Waals surface area contributed by atoms with E-state index >= 15 is 0 Å². The Bertz CT molecular complexity index is 2260. The van der Waals surface area contributed by atoms with Gasteiger partial charge in [-0.05, 0) is 61.5 Å². The molecule has 11 nitrogen and oxygen atoms in total. The second kappa shape index (κ2) is 13.6. The van der Waals surface area contributed by atoms with Gasteiger partial charge in [0.2, 0.25) is 0 Å². The Balaban J connectivity index is 1.18. The van der Waals surface area contributed by atoms with Crippen molar-refractivity contribution in [2.24, 2.45) is 0 Å². The van der Waals surface area contributed by atoms with E-state index in [1.54, 1.807) is 36.4 Å². The van der Waals surface area contributed by atoms with E-state index in [0.717, 1.165) is 50.6 Å². The van der Waals surface area contributed by atoms with Gasteiger partial charge in [-0.15, -0.1) is 0 Å². The molecular weight excluding hydrogens is 689 g/mol. The number of nitrogens with one attached hydrogen (secondary N) is 1.